The zero-order chi connectivity index (χ0) is 20.2. The number of hydrogen-bond acceptors (Lipinski definition) is 1. The largest absolute Gasteiger partial charge is 0.335 e. The van der Waals surface area contributed by atoms with Gasteiger partial charge in [-0.05, 0) is 78.6 Å². The SMILES string of the molecule is CC(C)(C)CC12CC3CC(C1)C(NC(=O)Nc1cccc4ccccc14)C(C3)C2. The van der Waals surface area contributed by atoms with Gasteiger partial charge >= 0.3 is 6.03 Å². The van der Waals surface area contributed by atoms with Crippen LogP contribution < -0.4 is 10.6 Å². The first-order valence-electron chi connectivity index (χ1n) is 11.4. The fourth-order valence-electron chi connectivity index (χ4n) is 7.41. The summed E-state index contributed by atoms with van der Waals surface area (Å²) in [5.41, 5.74) is 1.81. The van der Waals surface area contributed by atoms with Crippen molar-refractivity contribution >= 4 is 22.5 Å². The van der Waals surface area contributed by atoms with E-state index in [1.165, 1.54) is 38.5 Å². The van der Waals surface area contributed by atoms with Gasteiger partial charge in [0.1, 0.15) is 0 Å². The number of nitrogens with one attached hydrogen (secondary N) is 2. The maximum Gasteiger partial charge on any atom is 0.319 e. The summed E-state index contributed by atoms with van der Waals surface area (Å²) in [4.78, 5) is 12.9. The van der Waals surface area contributed by atoms with E-state index in [9.17, 15) is 4.79 Å². The van der Waals surface area contributed by atoms with Crippen molar-refractivity contribution in [3.63, 3.8) is 0 Å². The second-order valence-corrected chi connectivity index (χ2v) is 11.4. The second kappa shape index (κ2) is 6.75. The van der Waals surface area contributed by atoms with Gasteiger partial charge < -0.3 is 10.6 Å². The standard InChI is InChI=1S/C26H34N2O/c1-25(2,3)16-26-13-17-11-19(14-26)23(20(12-17)15-26)28-24(29)27-22-10-6-8-18-7-4-5-9-21(18)22/h4-10,17,19-20,23H,11-16H2,1-3H3,(H2,27,28,29). The van der Waals surface area contributed by atoms with Crippen molar-refractivity contribution in [1.82, 2.24) is 5.32 Å². The average molecular weight is 391 g/mol. The first kappa shape index (κ1) is 19.0. The Hall–Kier alpha value is -2.03. The van der Waals surface area contributed by atoms with Crippen molar-refractivity contribution in [3.8, 4) is 0 Å². The van der Waals surface area contributed by atoms with Crippen molar-refractivity contribution in [3.05, 3.63) is 42.5 Å². The molecule has 4 aliphatic carbocycles. The zero-order valence-corrected chi connectivity index (χ0v) is 18.0. The van der Waals surface area contributed by atoms with Gasteiger partial charge in [0.15, 0.2) is 0 Å². The number of carbonyl (C=O) groups is 1. The molecule has 4 fully saturated rings. The van der Waals surface area contributed by atoms with Crippen LogP contribution in [0.4, 0.5) is 10.5 Å². The summed E-state index contributed by atoms with van der Waals surface area (Å²) < 4.78 is 0. The van der Waals surface area contributed by atoms with Gasteiger partial charge in [0, 0.05) is 11.4 Å². The summed E-state index contributed by atoms with van der Waals surface area (Å²) >= 11 is 0. The van der Waals surface area contributed by atoms with E-state index in [0.29, 0.717) is 28.7 Å². The van der Waals surface area contributed by atoms with Crippen molar-refractivity contribution in [2.75, 3.05) is 5.32 Å². The van der Waals surface area contributed by atoms with Gasteiger partial charge in [-0.1, -0.05) is 57.2 Å². The van der Waals surface area contributed by atoms with Crippen LogP contribution in [0.25, 0.3) is 10.8 Å². The summed E-state index contributed by atoms with van der Waals surface area (Å²) in [7, 11) is 0. The van der Waals surface area contributed by atoms with Crippen LogP contribution in [0.1, 0.15) is 59.3 Å². The first-order valence-corrected chi connectivity index (χ1v) is 11.4. The Balaban J connectivity index is 1.30. The molecule has 29 heavy (non-hydrogen) atoms. The summed E-state index contributed by atoms with van der Waals surface area (Å²) in [6.07, 6.45) is 7.97. The Labute approximate surface area is 174 Å². The topological polar surface area (TPSA) is 41.1 Å². The smallest absolute Gasteiger partial charge is 0.319 e. The van der Waals surface area contributed by atoms with Crippen molar-refractivity contribution < 1.29 is 4.79 Å². The molecule has 0 aromatic heterocycles. The van der Waals surface area contributed by atoms with E-state index >= 15 is 0 Å². The second-order valence-electron chi connectivity index (χ2n) is 11.4. The molecule has 0 radical (unpaired) electrons. The van der Waals surface area contributed by atoms with E-state index in [1.54, 1.807) is 0 Å². The average Bonchev–Trinajstić information content (AvgIpc) is 2.62. The molecule has 3 nitrogen and oxygen atoms in total. The molecule has 2 aromatic rings. The molecule has 0 saturated heterocycles. The Morgan fingerprint density at radius 3 is 2.41 bits per heavy atom. The van der Waals surface area contributed by atoms with E-state index in [-0.39, 0.29) is 6.03 Å². The lowest BCUT2D eigenvalue weighted by molar-refractivity contribution is -0.0899. The van der Waals surface area contributed by atoms with Gasteiger partial charge in [0.05, 0.1) is 5.69 Å². The highest BCUT2D eigenvalue weighted by Gasteiger charge is 2.56. The Bertz CT molecular complexity index is 906. The summed E-state index contributed by atoms with van der Waals surface area (Å²) in [5.74, 6) is 2.19. The lowest BCUT2D eigenvalue weighted by atomic mass is 9.46. The molecule has 6 rings (SSSR count). The molecule has 4 aliphatic rings. The molecule has 0 spiro atoms. The molecule has 4 bridgehead atoms. The molecule has 2 atom stereocenters. The normalized spacial score (nSPS) is 33.1. The number of fused-ring (bicyclic) bond motifs is 1. The number of carbonyl (C=O) groups excluding carboxylic acids is 1. The number of amides is 2. The minimum Gasteiger partial charge on any atom is -0.335 e. The number of rotatable bonds is 3. The van der Waals surface area contributed by atoms with Crippen LogP contribution in [0, 0.1) is 28.6 Å². The maximum absolute atomic E-state index is 12.9. The quantitative estimate of drug-likeness (QED) is 0.609. The van der Waals surface area contributed by atoms with E-state index in [1.807, 2.05) is 24.3 Å². The Morgan fingerprint density at radius 2 is 1.69 bits per heavy atom. The predicted molar refractivity (Wildman–Crippen MR) is 120 cm³/mol. The summed E-state index contributed by atoms with van der Waals surface area (Å²) in [5, 5.41) is 8.80. The fourth-order valence-corrected chi connectivity index (χ4v) is 7.41. The summed E-state index contributed by atoms with van der Waals surface area (Å²) in [6, 6.07) is 14.6. The number of anilines is 1. The van der Waals surface area contributed by atoms with Crippen LogP contribution in [0.5, 0.6) is 0 Å². The molecule has 0 aliphatic heterocycles. The van der Waals surface area contributed by atoms with Crippen LogP contribution in [-0.2, 0) is 0 Å². The molecular formula is C26H34N2O. The number of urea groups is 1. The van der Waals surface area contributed by atoms with Crippen molar-refractivity contribution in [2.24, 2.45) is 28.6 Å². The van der Waals surface area contributed by atoms with Crippen LogP contribution in [-0.4, -0.2) is 12.1 Å². The zero-order valence-electron chi connectivity index (χ0n) is 18.0. The molecule has 4 saturated carbocycles. The van der Waals surface area contributed by atoms with Gasteiger partial charge in [-0.2, -0.15) is 0 Å². The lowest BCUT2D eigenvalue weighted by Gasteiger charge is -2.61. The molecular weight excluding hydrogens is 356 g/mol. The minimum atomic E-state index is -0.0382. The molecule has 2 aromatic carbocycles. The first-order chi connectivity index (χ1) is 13.8. The highest BCUT2D eigenvalue weighted by Crippen LogP contribution is 2.63. The maximum atomic E-state index is 12.9. The van der Waals surface area contributed by atoms with Gasteiger partial charge in [-0.15, -0.1) is 0 Å². The van der Waals surface area contributed by atoms with Crippen molar-refractivity contribution in [1.29, 1.82) is 0 Å². The number of hydrogen-bond donors (Lipinski definition) is 2. The van der Waals surface area contributed by atoms with Crippen molar-refractivity contribution in [2.45, 2.75) is 65.3 Å². The molecule has 2 N–H and O–H groups in total. The van der Waals surface area contributed by atoms with Gasteiger partial charge in [0.2, 0.25) is 0 Å². The van der Waals surface area contributed by atoms with Gasteiger partial charge in [-0.25, -0.2) is 4.79 Å². The Kier molecular flexibility index (Phi) is 4.42. The fraction of sp³-hybridized carbons (Fsp3) is 0.577. The molecule has 0 heterocycles. The van der Waals surface area contributed by atoms with Gasteiger partial charge in [0.25, 0.3) is 0 Å². The minimum absolute atomic E-state index is 0.0382. The third kappa shape index (κ3) is 3.65. The highest BCUT2D eigenvalue weighted by atomic mass is 16.2. The van der Waals surface area contributed by atoms with E-state index < -0.39 is 0 Å². The lowest BCUT2D eigenvalue weighted by Crippen LogP contribution is -2.60. The monoisotopic (exact) mass is 390 g/mol. The van der Waals surface area contributed by atoms with Gasteiger partial charge in [-0.3, -0.25) is 0 Å². The Morgan fingerprint density at radius 1 is 1.00 bits per heavy atom. The predicted octanol–water partition coefficient (Wildman–Crippen LogP) is 6.59. The molecule has 2 unspecified atom stereocenters. The van der Waals surface area contributed by atoms with E-state index in [0.717, 1.165) is 22.4 Å². The van der Waals surface area contributed by atoms with E-state index in [4.69, 9.17) is 0 Å². The van der Waals surface area contributed by atoms with Crippen LogP contribution in [0.2, 0.25) is 0 Å². The third-order valence-electron chi connectivity index (χ3n) is 7.64. The number of benzene rings is 2. The molecule has 2 amide bonds. The van der Waals surface area contributed by atoms with Crippen LogP contribution in [0.3, 0.4) is 0 Å². The van der Waals surface area contributed by atoms with Crippen LogP contribution >= 0.6 is 0 Å². The van der Waals surface area contributed by atoms with E-state index in [2.05, 4.69) is 49.6 Å². The highest BCUT2D eigenvalue weighted by molar-refractivity contribution is 6.01. The third-order valence-corrected chi connectivity index (χ3v) is 7.64. The summed E-state index contributed by atoms with van der Waals surface area (Å²) in [6.45, 7) is 7.16. The molecule has 3 heteroatoms. The molecule has 154 valence electrons. The van der Waals surface area contributed by atoms with Crippen LogP contribution in [0.15, 0.2) is 42.5 Å².